The molecule has 2 aromatic rings. The van der Waals surface area contributed by atoms with Gasteiger partial charge in [-0.25, -0.2) is 4.90 Å². The molecule has 1 aliphatic rings. The van der Waals surface area contributed by atoms with Crippen LogP contribution in [-0.2, 0) is 9.53 Å². The molecule has 1 aliphatic heterocycles. The summed E-state index contributed by atoms with van der Waals surface area (Å²) >= 11 is 0. The second-order valence-electron chi connectivity index (χ2n) is 6.22. The number of ether oxygens (including phenoxy) is 1. The van der Waals surface area contributed by atoms with Crippen molar-refractivity contribution in [2.24, 2.45) is 0 Å². The van der Waals surface area contributed by atoms with Gasteiger partial charge in [-0.2, -0.15) is 0 Å². The van der Waals surface area contributed by atoms with Crippen molar-refractivity contribution >= 4 is 23.1 Å². The van der Waals surface area contributed by atoms with E-state index in [1.807, 2.05) is 37.3 Å². The molecule has 2 aromatic carbocycles. The summed E-state index contributed by atoms with van der Waals surface area (Å²) in [6.45, 7) is 6.51. The first-order valence-corrected chi connectivity index (χ1v) is 8.44. The van der Waals surface area contributed by atoms with E-state index in [0.717, 1.165) is 5.56 Å². The minimum absolute atomic E-state index is 0.313. The smallest absolute Gasteiger partial charge is 0.269 e. The minimum atomic E-state index is -0.366. The highest BCUT2D eigenvalue weighted by Crippen LogP contribution is 2.32. The predicted octanol–water partition coefficient (Wildman–Crippen LogP) is 4.37. The van der Waals surface area contributed by atoms with Gasteiger partial charge >= 0.3 is 0 Å². The van der Waals surface area contributed by atoms with Gasteiger partial charge in [-0.15, -0.1) is 0 Å². The molecule has 0 radical (unpaired) electrons. The van der Waals surface area contributed by atoms with Crippen LogP contribution in [0.3, 0.4) is 0 Å². The average Bonchev–Trinajstić information content (AvgIpc) is 2.62. The lowest BCUT2D eigenvalue weighted by atomic mass is 9.93. The first-order valence-electron chi connectivity index (χ1n) is 8.44. The number of imide groups is 1. The number of rotatable bonds is 4. The van der Waals surface area contributed by atoms with Crippen molar-refractivity contribution in [3.63, 3.8) is 0 Å². The van der Waals surface area contributed by atoms with E-state index in [1.165, 1.54) is 11.2 Å². The molecule has 0 N–H and O–H groups in total. The zero-order valence-corrected chi connectivity index (χ0v) is 14.7. The Balaban J connectivity index is 2.09. The van der Waals surface area contributed by atoms with Crippen molar-refractivity contribution in [2.75, 3.05) is 11.5 Å². The van der Waals surface area contributed by atoms with Gasteiger partial charge in [0.25, 0.3) is 11.8 Å². The predicted molar refractivity (Wildman–Crippen MR) is 98.4 cm³/mol. The first-order chi connectivity index (χ1) is 12.0. The molecule has 3 rings (SSSR count). The fourth-order valence-corrected chi connectivity index (χ4v) is 2.88. The van der Waals surface area contributed by atoms with Crippen LogP contribution in [0.5, 0.6) is 0 Å². The molecule has 0 bridgehead atoms. The van der Waals surface area contributed by atoms with E-state index in [-0.39, 0.29) is 11.8 Å². The van der Waals surface area contributed by atoms with Crippen LogP contribution in [0.2, 0.25) is 0 Å². The van der Waals surface area contributed by atoms with E-state index in [0.29, 0.717) is 34.9 Å². The fraction of sp³-hybridized carbons (Fsp3) is 0.238. The summed E-state index contributed by atoms with van der Waals surface area (Å²) < 4.78 is 5.35. The number of benzene rings is 2. The third kappa shape index (κ3) is 3.07. The van der Waals surface area contributed by atoms with Crippen molar-refractivity contribution in [3.05, 3.63) is 71.5 Å². The van der Waals surface area contributed by atoms with Crippen LogP contribution in [-0.4, -0.2) is 18.4 Å². The van der Waals surface area contributed by atoms with Gasteiger partial charge in [0.2, 0.25) is 0 Å². The number of amides is 2. The van der Waals surface area contributed by atoms with Gasteiger partial charge in [0, 0.05) is 11.1 Å². The second-order valence-corrected chi connectivity index (χ2v) is 6.22. The van der Waals surface area contributed by atoms with Crippen molar-refractivity contribution < 1.29 is 14.3 Å². The second kappa shape index (κ2) is 6.93. The SMILES string of the molecule is CCO/C=C1/C(=O)N(c2ccc(C(C)C)cc2)C(=O)c2ccccc21. The molecule has 25 heavy (non-hydrogen) atoms. The van der Waals surface area contributed by atoms with Gasteiger partial charge < -0.3 is 4.74 Å². The van der Waals surface area contributed by atoms with E-state index < -0.39 is 0 Å². The molecule has 4 nitrogen and oxygen atoms in total. The Hall–Kier alpha value is -2.88. The van der Waals surface area contributed by atoms with Crippen LogP contribution < -0.4 is 4.90 Å². The summed E-state index contributed by atoms with van der Waals surface area (Å²) in [6.07, 6.45) is 1.45. The molecule has 0 fully saturated rings. The Morgan fingerprint density at radius 1 is 0.960 bits per heavy atom. The lowest BCUT2D eigenvalue weighted by Crippen LogP contribution is -2.41. The van der Waals surface area contributed by atoms with Crippen molar-refractivity contribution in [1.82, 2.24) is 0 Å². The summed E-state index contributed by atoms with van der Waals surface area (Å²) in [5, 5.41) is 0. The van der Waals surface area contributed by atoms with Crippen molar-refractivity contribution in [2.45, 2.75) is 26.7 Å². The standard InChI is InChI=1S/C21H21NO3/c1-4-25-13-19-17-7-5-6-8-18(17)20(23)22(21(19)24)16-11-9-15(10-12-16)14(2)3/h5-14H,4H2,1-3H3/b19-13+. The summed E-state index contributed by atoms with van der Waals surface area (Å²) in [4.78, 5) is 27.1. The van der Waals surface area contributed by atoms with Gasteiger partial charge in [0.1, 0.15) is 0 Å². The fourth-order valence-electron chi connectivity index (χ4n) is 2.88. The highest BCUT2D eigenvalue weighted by atomic mass is 16.5. The Kier molecular flexibility index (Phi) is 4.70. The monoisotopic (exact) mass is 335 g/mol. The normalized spacial score (nSPS) is 15.7. The Morgan fingerprint density at radius 3 is 2.20 bits per heavy atom. The zero-order chi connectivity index (χ0) is 18.0. The molecular formula is C21H21NO3. The summed E-state index contributed by atoms with van der Waals surface area (Å²) in [7, 11) is 0. The maximum atomic E-state index is 13.0. The lowest BCUT2D eigenvalue weighted by Gasteiger charge is -2.28. The molecule has 0 atom stereocenters. The number of hydrogen-bond donors (Lipinski definition) is 0. The highest BCUT2D eigenvalue weighted by Gasteiger charge is 2.36. The molecule has 1 heterocycles. The zero-order valence-electron chi connectivity index (χ0n) is 14.7. The van der Waals surface area contributed by atoms with Crippen LogP contribution in [0.25, 0.3) is 5.57 Å². The van der Waals surface area contributed by atoms with Gasteiger partial charge in [-0.05, 0) is 36.6 Å². The average molecular weight is 335 g/mol. The van der Waals surface area contributed by atoms with E-state index >= 15 is 0 Å². The first kappa shape index (κ1) is 17.0. The molecule has 0 spiro atoms. The van der Waals surface area contributed by atoms with Crippen LogP contribution in [0, 0.1) is 0 Å². The number of carbonyl (C=O) groups is 2. The van der Waals surface area contributed by atoms with E-state index in [2.05, 4.69) is 13.8 Å². The van der Waals surface area contributed by atoms with Crippen molar-refractivity contribution in [3.8, 4) is 0 Å². The summed E-state index contributed by atoms with van der Waals surface area (Å²) in [5.41, 5.74) is 3.23. The Labute approximate surface area is 147 Å². The maximum Gasteiger partial charge on any atom is 0.269 e. The maximum absolute atomic E-state index is 13.0. The lowest BCUT2D eigenvalue weighted by molar-refractivity contribution is -0.113. The number of anilines is 1. The number of fused-ring (bicyclic) bond motifs is 1. The van der Waals surface area contributed by atoms with E-state index in [1.54, 1.807) is 18.2 Å². The molecule has 0 unspecified atom stereocenters. The molecule has 0 aromatic heterocycles. The molecular weight excluding hydrogens is 314 g/mol. The minimum Gasteiger partial charge on any atom is -0.501 e. The van der Waals surface area contributed by atoms with Crippen LogP contribution >= 0.6 is 0 Å². The van der Waals surface area contributed by atoms with Crippen LogP contribution in [0.4, 0.5) is 5.69 Å². The topological polar surface area (TPSA) is 46.6 Å². The van der Waals surface area contributed by atoms with Crippen LogP contribution in [0.15, 0.2) is 54.8 Å². The van der Waals surface area contributed by atoms with Crippen molar-refractivity contribution in [1.29, 1.82) is 0 Å². The van der Waals surface area contributed by atoms with Gasteiger partial charge in [-0.1, -0.05) is 44.2 Å². The molecule has 128 valence electrons. The Morgan fingerprint density at radius 2 is 1.60 bits per heavy atom. The molecule has 2 amide bonds. The molecule has 0 saturated heterocycles. The molecule has 0 saturated carbocycles. The quantitative estimate of drug-likeness (QED) is 0.473. The highest BCUT2D eigenvalue weighted by molar-refractivity contribution is 6.40. The van der Waals surface area contributed by atoms with Gasteiger partial charge in [0.05, 0.1) is 24.1 Å². The van der Waals surface area contributed by atoms with Crippen LogP contribution in [0.1, 0.15) is 48.2 Å². The summed E-state index contributed by atoms with van der Waals surface area (Å²) in [6, 6.07) is 14.7. The molecule has 0 aliphatic carbocycles. The third-order valence-corrected chi connectivity index (χ3v) is 4.27. The number of nitrogens with zero attached hydrogens (tertiary/aromatic N) is 1. The third-order valence-electron chi connectivity index (χ3n) is 4.27. The van der Waals surface area contributed by atoms with E-state index in [9.17, 15) is 9.59 Å². The largest absolute Gasteiger partial charge is 0.501 e. The summed E-state index contributed by atoms with van der Waals surface area (Å²) in [5.74, 6) is -0.295. The molecule has 4 heteroatoms. The Bertz CT molecular complexity index is 834. The van der Waals surface area contributed by atoms with Gasteiger partial charge in [-0.3, -0.25) is 9.59 Å². The number of hydrogen-bond acceptors (Lipinski definition) is 3. The number of carbonyl (C=O) groups excluding carboxylic acids is 2. The van der Waals surface area contributed by atoms with Gasteiger partial charge in [0.15, 0.2) is 0 Å². The van der Waals surface area contributed by atoms with E-state index in [4.69, 9.17) is 4.74 Å².